The number of benzene rings is 2. The van der Waals surface area contributed by atoms with Crippen LogP contribution in [0.4, 0.5) is 0 Å². The summed E-state index contributed by atoms with van der Waals surface area (Å²) in [5.41, 5.74) is 1.64. The Bertz CT molecular complexity index is 1590. The maximum Gasteiger partial charge on any atom is 0.338 e. The van der Waals surface area contributed by atoms with E-state index < -0.39 is 18.0 Å². The number of nitrogens with zero attached hydrogens (tertiary/aromatic N) is 2. The van der Waals surface area contributed by atoms with Crippen LogP contribution in [0.3, 0.4) is 0 Å². The van der Waals surface area contributed by atoms with E-state index in [1.807, 2.05) is 0 Å². The number of hydrogen-bond acceptors (Lipinski definition) is 7. The molecule has 0 unspecified atom stereocenters. The van der Waals surface area contributed by atoms with Gasteiger partial charge in [0.2, 0.25) is 0 Å². The van der Waals surface area contributed by atoms with E-state index in [0.717, 1.165) is 0 Å². The van der Waals surface area contributed by atoms with Crippen LogP contribution >= 0.6 is 34.5 Å². The number of hydrogen-bond donors (Lipinski definition) is 0. The molecule has 2 aromatic carbocycles. The lowest BCUT2D eigenvalue weighted by Crippen LogP contribution is -2.39. The molecule has 36 heavy (non-hydrogen) atoms. The molecule has 0 bridgehead atoms. The van der Waals surface area contributed by atoms with Crippen LogP contribution in [0.25, 0.3) is 6.08 Å². The minimum absolute atomic E-state index is 0.00939. The van der Waals surface area contributed by atoms with E-state index in [1.54, 1.807) is 55.5 Å². The SMILES string of the molecule is C=CCOC(=O)C1=C(C)N=c2s/c(=C\c3ccc(Cl)c(Cl)c3)c(=O)n2[C@H]1c1ccc(OC(C)=O)cc1. The van der Waals surface area contributed by atoms with Crippen LogP contribution in [0.15, 0.2) is 76.2 Å². The molecule has 10 heteroatoms. The topological polar surface area (TPSA) is 87.0 Å². The van der Waals surface area contributed by atoms with Crippen LogP contribution in [0.1, 0.15) is 31.0 Å². The van der Waals surface area contributed by atoms with Crippen molar-refractivity contribution in [2.75, 3.05) is 6.61 Å². The first kappa shape index (κ1) is 25.6. The van der Waals surface area contributed by atoms with Gasteiger partial charge in [0.1, 0.15) is 12.4 Å². The predicted molar refractivity (Wildman–Crippen MR) is 139 cm³/mol. The number of halogens is 2. The Morgan fingerprint density at radius 1 is 1.17 bits per heavy atom. The summed E-state index contributed by atoms with van der Waals surface area (Å²) in [6.07, 6.45) is 3.16. The van der Waals surface area contributed by atoms with Crippen LogP contribution in [0, 0.1) is 0 Å². The third-order valence-corrected chi connectivity index (χ3v) is 6.99. The van der Waals surface area contributed by atoms with Gasteiger partial charge in [0.15, 0.2) is 4.80 Å². The van der Waals surface area contributed by atoms with Crippen molar-refractivity contribution in [1.82, 2.24) is 4.57 Å². The molecule has 0 saturated heterocycles. The van der Waals surface area contributed by atoms with E-state index in [1.165, 1.54) is 28.9 Å². The second-order valence-corrected chi connectivity index (χ2v) is 9.63. The first-order valence-corrected chi connectivity index (χ1v) is 12.3. The molecular formula is C26H20Cl2N2O5S. The summed E-state index contributed by atoms with van der Waals surface area (Å²) in [7, 11) is 0. The fraction of sp³-hybridized carbons (Fsp3) is 0.154. The molecule has 4 rings (SSSR count). The van der Waals surface area contributed by atoms with E-state index in [0.29, 0.717) is 42.0 Å². The van der Waals surface area contributed by atoms with Gasteiger partial charge in [-0.05, 0) is 48.4 Å². The molecular weight excluding hydrogens is 523 g/mol. The minimum Gasteiger partial charge on any atom is -0.458 e. The van der Waals surface area contributed by atoms with Crippen molar-refractivity contribution in [2.24, 2.45) is 4.99 Å². The first-order valence-electron chi connectivity index (χ1n) is 10.7. The van der Waals surface area contributed by atoms with Crippen LogP contribution in [0.2, 0.25) is 10.0 Å². The van der Waals surface area contributed by atoms with E-state index >= 15 is 0 Å². The zero-order valence-corrected chi connectivity index (χ0v) is 21.6. The van der Waals surface area contributed by atoms with Gasteiger partial charge >= 0.3 is 11.9 Å². The van der Waals surface area contributed by atoms with E-state index in [2.05, 4.69) is 11.6 Å². The molecule has 0 amide bonds. The van der Waals surface area contributed by atoms with Crippen molar-refractivity contribution >= 4 is 52.6 Å². The van der Waals surface area contributed by atoms with E-state index in [-0.39, 0.29) is 17.7 Å². The van der Waals surface area contributed by atoms with Crippen molar-refractivity contribution < 1.29 is 19.1 Å². The average molecular weight is 543 g/mol. The van der Waals surface area contributed by atoms with Crippen LogP contribution in [-0.2, 0) is 14.3 Å². The van der Waals surface area contributed by atoms with Gasteiger partial charge in [0.05, 0.1) is 31.9 Å². The van der Waals surface area contributed by atoms with Gasteiger partial charge in [0, 0.05) is 6.92 Å². The second kappa shape index (κ2) is 10.7. The summed E-state index contributed by atoms with van der Waals surface area (Å²) in [5.74, 6) is -0.721. The molecule has 0 spiro atoms. The lowest BCUT2D eigenvalue weighted by Gasteiger charge is -2.24. The average Bonchev–Trinajstić information content (AvgIpc) is 3.13. The Balaban J connectivity index is 1.89. The fourth-order valence-electron chi connectivity index (χ4n) is 3.75. The summed E-state index contributed by atoms with van der Waals surface area (Å²) >= 11 is 13.3. The molecule has 0 fully saturated rings. The van der Waals surface area contributed by atoms with Crippen molar-refractivity contribution in [3.8, 4) is 5.75 Å². The predicted octanol–water partition coefficient (Wildman–Crippen LogP) is 4.20. The molecule has 1 aromatic heterocycles. The van der Waals surface area contributed by atoms with Crippen molar-refractivity contribution in [1.29, 1.82) is 0 Å². The first-order chi connectivity index (χ1) is 17.2. The summed E-state index contributed by atoms with van der Waals surface area (Å²) in [5, 5.41) is 0.776. The zero-order chi connectivity index (χ0) is 26.0. The summed E-state index contributed by atoms with van der Waals surface area (Å²) in [6.45, 7) is 6.59. The number of fused-ring (bicyclic) bond motifs is 1. The van der Waals surface area contributed by atoms with Crippen LogP contribution in [-0.4, -0.2) is 23.1 Å². The van der Waals surface area contributed by atoms with Gasteiger partial charge in [-0.15, -0.1) is 0 Å². The molecule has 2 heterocycles. The number of aromatic nitrogens is 1. The quantitative estimate of drug-likeness (QED) is 0.264. The largest absolute Gasteiger partial charge is 0.458 e. The molecule has 1 aliphatic heterocycles. The van der Waals surface area contributed by atoms with Gasteiger partial charge in [0.25, 0.3) is 5.56 Å². The standard InChI is InChI=1S/C26H20Cl2N2O5S/c1-4-11-34-25(33)22-14(2)29-26-30(23(22)17-6-8-18(9-7-17)35-15(3)31)24(32)21(36-26)13-16-5-10-19(27)20(28)12-16/h4-10,12-13,23H,1,11H2,2-3H3/b21-13-/t23-/m0/s1. The molecule has 1 atom stereocenters. The molecule has 3 aromatic rings. The maximum atomic E-state index is 13.6. The maximum absolute atomic E-state index is 13.6. The summed E-state index contributed by atoms with van der Waals surface area (Å²) in [4.78, 5) is 42.9. The number of esters is 2. The summed E-state index contributed by atoms with van der Waals surface area (Å²) in [6, 6.07) is 10.8. The number of carbonyl (C=O) groups excluding carboxylic acids is 2. The van der Waals surface area contributed by atoms with E-state index in [9.17, 15) is 14.4 Å². The molecule has 0 N–H and O–H groups in total. The fourth-order valence-corrected chi connectivity index (χ4v) is 5.10. The van der Waals surface area contributed by atoms with Crippen molar-refractivity contribution in [3.63, 3.8) is 0 Å². The molecule has 7 nitrogen and oxygen atoms in total. The van der Waals surface area contributed by atoms with Gasteiger partial charge in [-0.2, -0.15) is 0 Å². The number of thiazole rings is 1. The zero-order valence-electron chi connectivity index (χ0n) is 19.3. The van der Waals surface area contributed by atoms with Gasteiger partial charge < -0.3 is 9.47 Å². The van der Waals surface area contributed by atoms with Crippen molar-refractivity contribution in [3.05, 3.63) is 107 Å². The van der Waals surface area contributed by atoms with Gasteiger partial charge in [-0.3, -0.25) is 14.2 Å². The minimum atomic E-state index is -0.805. The Kier molecular flexibility index (Phi) is 7.59. The molecule has 1 aliphatic rings. The molecule has 0 radical (unpaired) electrons. The third kappa shape index (κ3) is 5.21. The Hall–Kier alpha value is -3.46. The number of carbonyl (C=O) groups is 2. The van der Waals surface area contributed by atoms with Gasteiger partial charge in [-0.25, -0.2) is 9.79 Å². The molecule has 0 saturated carbocycles. The third-order valence-electron chi connectivity index (χ3n) is 5.27. The monoisotopic (exact) mass is 542 g/mol. The Labute approximate surface area is 220 Å². The Morgan fingerprint density at radius 2 is 1.89 bits per heavy atom. The highest BCUT2D eigenvalue weighted by Gasteiger charge is 2.33. The number of rotatable bonds is 6. The summed E-state index contributed by atoms with van der Waals surface area (Å²) < 4.78 is 12.3. The second-order valence-electron chi connectivity index (χ2n) is 7.81. The molecule has 0 aliphatic carbocycles. The number of allylic oxidation sites excluding steroid dienone is 1. The smallest absolute Gasteiger partial charge is 0.338 e. The normalized spacial score (nSPS) is 15.2. The highest BCUT2D eigenvalue weighted by molar-refractivity contribution is 7.07. The van der Waals surface area contributed by atoms with Gasteiger partial charge in [-0.1, -0.05) is 65.4 Å². The highest BCUT2D eigenvalue weighted by atomic mass is 35.5. The highest BCUT2D eigenvalue weighted by Crippen LogP contribution is 2.31. The molecule has 184 valence electrons. The lowest BCUT2D eigenvalue weighted by atomic mass is 9.96. The Morgan fingerprint density at radius 3 is 2.53 bits per heavy atom. The van der Waals surface area contributed by atoms with Crippen molar-refractivity contribution in [2.45, 2.75) is 19.9 Å². The lowest BCUT2D eigenvalue weighted by molar-refractivity contribution is -0.138. The van der Waals surface area contributed by atoms with E-state index in [4.69, 9.17) is 32.7 Å². The van der Waals surface area contributed by atoms with Crippen LogP contribution in [0.5, 0.6) is 5.75 Å². The van der Waals surface area contributed by atoms with Crippen LogP contribution < -0.4 is 19.6 Å². The number of ether oxygens (including phenoxy) is 2.